The summed E-state index contributed by atoms with van der Waals surface area (Å²) in [6, 6.07) is 10.2. The smallest absolute Gasteiger partial charge is 0.261 e. The number of rotatable bonds is 3. The van der Waals surface area contributed by atoms with E-state index in [0.29, 0.717) is 5.69 Å². The molecule has 1 N–H and O–H groups in total. The summed E-state index contributed by atoms with van der Waals surface area (Å²) in [6.07, 6.45) is 0. The molecule has 2 aromatic carbocycles. The van der Waals surface area contributed by atoms with Crippen LogP contribution in [0.3, 0.4) is 0 Å². The van der Waals surface area contributed by atoms with Crippen LogP contribution in [0.15, 0.2) is 50.2 Å². The molecule has 6 heteroatoms. The third-order valence-corrected chi connectivity index (χ3v) is 5.92. The highest BCUT2D eigenvalue weighted by Crippen LogP contribution is 2.27. The Morgan fingerprint density at radius 1 is 1.00 bits per heavy atom. The molecule has 0 spiro atoms. The minimum absolute atomic E-state index is 0.227. The molecule has 0 aliphatic rings. The second-order valence-corrected chi connectivity index (χ2v) is 7.88. The van der Waals surface area contributed by atoms with Crippen LogP contribution < -0.4 is 4.72 Å². The highest BCUT2D eigenvalue weighted by molar-refractivity contribution is 9.10. The van der Waals surface area contributed by atoms with E-state index < -0.39 is 10.0 Å². The maximum absolute atomic E-state index is 12.3. The van der Waals surface area contributed by atoms with Crippen LogP contribution >= 0.6 is 31.9 Å². The molecule has 0 saturated heterocycles. The standard InChI is InChI=1S/C14H13Br2NO2S/c1-9-6-12(7-10(2)14(9)16)17-20(18,19)13-5-3-4-11(15)8-13/h3-8,17H,1-2H3. The van der Waals surface area contributed by atoms with E-state index in [-0.39, 0.29) is 4.90 Å². The molecule has 0 aromatic heterocycles. The first kappa shape index (κ1) is 15.5. The van der Waals surface area contributed by atoms with Crippen molar-refractivity contribution >= 4 is 47.6 Å². The molecular formula is C14H13Br2NO2S. The molecule has 0 bridgehead atoms. The summed E-state index contributed by atoms with van der Waals surface area (Å²) in [7, 11) is -3.58. The van der Waals surface area contributed by atoms with Gasteiger partial charge >= 0.3 is 0 Å². The average molecular weight is 419 g/mol. The molecule has 0 fully saturated rings. The van der Waals surface area contributed by atoms with Gasteiger partial charge < -0.3 is 0 Å². The van der Waals surface area contributed by atoms with E-state index in [1.54, 1.807) is 36.4 Å². The lowest BCUT2D eigenvalue weighted by Gasteiger charge is -2.11. The van der Waals surface area contributed by atoms with Crippen LogP contribution in [0.5, 0.6) is 0 Å². The molecule has 0 heterocycles. The SMILES string of the molecule is Cc1cc(NS(=O)(=O)c2cccc(Br)c2)cc(C)c1Br. The number of nitrogens with one attached hydrogen (secondary N) is 1. The lowest BCUT2D eigenvalue weighted by Crippen LogP contribution is -2.13. The van der Waals surface area contributed by atoms with Crippen LogP contribution in [0, 0.1) is 13.8 Å². The number of sulfonamides is 1. The Hall–Kier alpha value is -0.850. The number of halogens is 2. The molecule has 0 aliphatic carbocycles. The highest BCUT2D eigenvalue weighted by Gasteiger charge is 2.15. The summed E-state index contributed by atoms with van der Waals surface area (Å²) in [5, 5.41) is 0. The Morgan fingerprint density at radius 3 is 2.15 bits per heavy atom. The van der Waals surface area contributed by atoms with Crippen molar-refractivity contribution in [3.05, 3.63) is 56.5 Å². The van der Waals surface area contributed by atoms with Crippen LogP contribution in [0.1, 0.15) is 11.1 Å². The average Bonchev–Trinajstić information content (AvgIpc) is 2.35. The van der Waals surface area contributed by atoms with Crippen molar-refractivity contribution in [2.75, 3.05) is 4.72 Å². The van der Waals surface area contributed by atoms with Gasteiger partial charge in [0.1, 0.15) is 0 Å². The van der Waals surface area contributed by atoms with Crippen molar-refractivity contribution in [2.45, 2.75) is 18.7 Å². The zero-order valence-electron chi connectivity index (χ0n) is 10.9. The number of benzene rings is 2. The van der Waals surface area contributed by atoms with Gasteiger partial charge in [0.2, 0.25) is 0 Å². The molecule has 0 aliphatic heterocycles. The Kier molecular flexibility index (Phi) is 4.56. The molecule has 2 rings (SSSR count). The van der Waals surface area contributed by atoms with Crippen LogP contribution in [0.4, 0.5) is 5.69 Å². The number of anilines is 1. The Morgan fingerprint density at radius 2 is 1.60 bits per heavy atom. The van der Waals surface area contributed by atoms with Crippen molar-refractivity contribution < 1.29 is 8.42 Å². The van der Waals surface area contributed by atoms with Gasteiger partial charge in [0.05, 0.1) is 4.90 Å². The van der Waals surface area contributed by atoms with Gasteiger partial charge in [-0.2, -0.15) is 0 Å². The fourth-order valence-electron chi connectivity index (χ4n) is 1.85. The quantitative estimate of drug-likeness (QED) is 0.789. The zero-order valence-corrected chi connectivity index (χ0v) is 14.9. The van der Waals surface area contributed by atoms with Crippen molar-refractivity contribution in [2.24, 2.45) is 0 Å². The Bertz CT molecular complexity index is 735. The normalized spacial score (nSPS) is 11.4. The third kappa shape index (κ3) is 3.42. The van der Waals surface area contributed by atoms with E-state index in [9.17, 15) is 8.42 Å². The zero-order chi connectivity index (χ0) is 14.9. The van der Waals surface area contributed by atoms with Gasteiger partial charge in [0, 0.05) is 14.6 Å². The van der Waals surface area contributed by atoms with Crippen molar-refractivity contribution in [3.63, 3.8) is 0 Å². The van der Waals surface area contributed by atoms with Gasteiger partial charge in [-0.05, 0) is 55.3 Å². The van der Waals surface area contributed by atoms with Crippen molar-refractivity contribution in [3.8, 4) is 0 Å². The fourth-order valence-corrected chi connectivity index (χ4v) is 3.72. The van der Waals surface area contributed by atoms with Gasteiger partial charge in [-0.25, -0.2) is 8.42 Å². The van der Waals surface area contributed by atoms with E-state index >= 15 is 0 Å². The second-order valence-electron chi connectivity index (χ2n) is 4.49. The van der Waals surface area contributed by atoms with Gasteiger partial charge in [-0.15, -0.1) is 0 Å². The lowest BCUT2D eigenvalue weighted by molar-refractivity contribution is 0.601. The summed E-state index contributed by atoms with van der Waals surface area (Å²) in [4.78, 5) is 0.227. The third-order valence-electron chi connectivity index (χ3n) is 2.80. The summed E-state index contributed by atoms with van der Waals surface area (Å²) in [6.45, 7) is 3.85. The molecular weight excluding hydrogens is 406 g/mol. The molecule has 0 atom stereocenters. The Balaban J connectivity index is 2.38. The molecule has 106 valence electrons. The molecule has 0 unspecified atom stereocenters. The first-order chi connectivity index (χ1) is 9.29. The maximum Gasteiger partial charge on any atom is 0.261 e. The predicted octanol–water partition coefficient (Wildman–Crippen LogP) is 4.63. The van der Waals surface area contributed by atoms with E-state index in [0.717, 1.165) is 20.1 Å². The van der Waals surface area contributed by atoms with Crippen LogP contribution in [-0.4, -0.2) is 8.42 Å². The monoisotopic (exact) mass is 417 g/mol. The van der Waals surface area contributed by atoms with Crippen molar-refractivity contribution in [1.29, 1.82) is 0 Å². The number of aryl methyl sites for hydroxylation is 2. The van der Waals surface area contributed by atoms with E-state index in [1.807, 2.05) is 13.8 Å². The van der Waals surface area contributed by atoms with E-state index in [2.05, 4.69) is 36.6 Å². The summed E-state index contributed by atoms with van der Waals surface area (Å²) in [5.74, 6) is 0. The van der Waals surface area contributed by atoms with Gasteiger partial charge in [-0.3, -0.25) is 4.72 Å². The molecule has 20 heavy (non-hydrogen) atoms. The maximum atomic E-state index is 12.3. The minimum atomic E-state index is -3.58. The number of hydrogen-bond acceptors (Lipinski definition) is 2. The molecule has 0 radical (unpaired) electrons. The Labute approximate surface area is 135 Å². The van der Waals surface area contributed by atoms with E-state index in [1.165, 1.54) is 0 Å². The predicted molar refractivity (Wildman–Crippen MR) is 88.6 cm³/mol. The van der Waals surface area contributed by atoms with Crippen molar-refractivity contribution in [1.82, 2.24) is 0 Å². The van der Waals surface area contributed by atoms with Crippen LogP contribution in [-0.2, 0) is 10.0 Å². The first-order valence-corrected chi connectivity index (χ1v) is 8.91. The van der Waals surface area contributed by atoms with Gasteiger partial charge in [0.15, 0.2) is 0 Å². The molecule has 3 nitrogen and oxygen atoms in total. The molecule has 0 amide bonds. The van der Waals surface area contributed by atoms with Crippen LogP contribution in [0.25, 0.3) is 0 Å². The largest absolute Gasteiger partial charge is 0.280 e. The number of hydrogen-bond donors (Lipinski definition) is 1. The molecule has 0 saturated carbocycles. The summed E-state index contributed by atoms with van der Waals surface area (Å²) in [5.41, 5.74) is 2.53. The first-order valence-electron chi connectivity index (χ1n) is 5.85. The van der Waals surface area contributed by atoms with Crippen LogP contribution in [0.2, 0.25) is 0 Å². The lowest BCUT2D eigenvalue weighted by atomic mass is 10.1. The topological polar surface area (TPSA) is 46.2 Å². The minimum Gasteiger partial charge on any atom is -0.280 e. The van der Waals surface area contributed by atoms with Gasteiger partial charge in [0.25, 0.3) is 10.0 Å². The summed E-state index contributed by atoms with van der Waals surface area (Å²) >= 11 is 6.74. The fraction of sp³-hybridized carbons (Fsp3) is 0.143. The highest BCUT2D eigenvalue weighted by atomic mass is 79.9. The second kappa shape index (κ2) is 5.87. The van der Waals surface area contributed by atoms with E-state index in [4.69, 9.17) is 0 Å². The summed E-state index contributed by atoms with van der Waals surface area (Å²) < 4.78 is 29.0. The molecule has 2 aromatic rings. The van der Waals surface area contributed by atoms with Gasteiger partial charge in [-0.1, -0.05) is 37.9 Å².